The molecular formula is C13H16ClNO2S. The fraction of sp³-hybridized carbons (Fsp3) is 0.462. The lowest BCUT2D eigenvalue weighted by atomic mass is 9.97. The van der Waals surface area contributed by atoms with Gasteiger partial charge in [-0.2, -0.15) is 11.8 Å². The number of benzene rings is 1. The van der Waals surface area contributed by atoms with Gasteiger partial charge in [0.1, 0.15) is 0 Å². The number of thioether (sulfide) groups is 1. The van der Waals surface area contributed by atoms with Crippen molar-refractivity contribution in [2.75, 3.05) is 18.1 Å². The third kappa shape index (κ3) is 3.64. The Balaban J connectivity index is 1.89. The van der Waals surface area contributed by atoms with E-state index in [1.165, 1.54) is 0 Å². The van der Waals surface area contributed by atoms with Gasteiger partial charge in [-0.25, -0.2) is 0 Å². The molecule has 2 rings (SSSR count). The van der Waals surface area contributed by atoms with Crippen LogP contribution < -0.4 is 5.32 Å². The molecule has 1 saturated heterocycles. The lowest BCUT2D eigenvalue weighted by Crippen LogP contribution is -2.45. The molecule has 0 bridgehead atoms. The molecule has 1 aromatic carbocycles. The Morgan fingerprint density at radius 1 is 1.33 bits per heavy atom. The minimum absolute atomic E-state index is 0.168. The summed E-state index contributed by atoms with van der Waals surface area (Å²) in [5.74, 6) is 1.74. The maximum Gasteiger partial charge on any atom is 0.251 e. The Kier molecular flexibility index (Phi) is 4.54. The van der Waals surface area contributed by atoms with Crippen LogP contribution in [0.15, 0.2) is 24.3 Å². The normalized spacial score (nSPS) is 18.3. The monoisotopic (exact) mass is 285 g/mol. The van der Waals surface area contributed by atoms with Gasteiger partial charge in [-0.3, -0.25) is 4.79 Å². The predicted octanol–water partition coefficient (Wildman–Crippen LogP) is 2.33. The first-order valence-electron chi connectivity index (χ1n) is 5.93. The minimum atomic E-state index is -0.743. The van der Waals surface area contributed by atoms with Crippen LogP contribution in [0.4, 0.5) is 0 Å². The highest BCUT2D eigenvalue weighted by Crippen LogP contribution is 2.26. The minimum Gasteiger partial charge on any atom is -0.388 e. The van der Waals surface area contributed by atoms with Gasteiger partial charge in [0, 0.05) is 17.1 Å². The summed E-state index contributed by atoms with van der Waals surface area (Å²) in [4.78, 5) is 11.9. The van der Waals surface area contributed by atoms with E-state index in [0.717, 1.165) is 24.3 Å². The fourth-order valence-corrected chi connectivity index (χ4v) is 3.25. The van der Waals surface area contributed by atoms with Crippen molar-refractivity contribution in [1.82, 2.24) is 5.32 Å². The van der Waals surface area contributed by atoms with E-state index in [9.17, 15) is 9.90 Å². The molecule has 1 heterocycles. The van der Waals surface area contributed by atoms with Gasteiger partial charge in [-0.15, -0.1) is 0 Å². The summed E-state index contributed by atoms with van der Waals surface area (Å²) in [5, 5.41) is 13.7. The first-order valence-corrected chi connectivity index (χ1v) is 7.46. The molecule has 0 aromatic heterocycles. The molecular weight excluding hydrogens is 270 g/mol. The Morgan fingerprint density at radius 2 is 1.94 bits per heavy atom. The highest BCUT2D eigenvalue weighted by Gasteiger charge is 2.29. The second-order valence-corrected chi connectivity index (χ2v) is 6.19. The lowest BCUT2D eigenvalue weighted by molar-refractivity contribution is 0.0311. The molecule has 1 aromatic rings. The van der Waals surface area contributed by atoms with Crippen LogP contribution in [0, 0.1) is 0 Å². The van der Waals surface area contributed by atoms with Crippen LogP contribution in [0.2, 0.25) is 5.02 Å². The lowest BCUT2D eigenvalue weighted by Gasteiger charge is -2.31. The molecule has 0 radical (unpaired) electrons. The van der Waals surface area contributed by atoms with Gasteiger partial charge in [0.2, 0.25) is 0 Å². The van der Waals surface area contributed by atoms with Crippen LogP contribution in [-0.4, -0.2) is 34.7 Å². The van der Waals surface area contributed by atoms with E-state index in [2.05, 4.69) is 5.32 Å². The molecule has 1 amide bonds. The molecule has 98 valence electrons. The summed E-state index contributed by atoms with van der Waals surface area (Å²) in [6, 6.07) is 6.72. The summed E-state index contributed by atoms with van der Waals surface area (Å²) >= 11 is 7.61. The van der Waals surface area contributed by atoms with Gasteiger partial charge >= 0.3 is 0 Å². The Labute approximate surface area is 116 Å². The number of carbonyl (C=O) groups is 1. The topological polar surface area (TPSA) is 49.3 Å². The average Bonchev–Trinajstić information content (AvgIpc) is 2.38. The van der Waals surface area contributed by atoms with Crippen molar-refractivity contribution in [3.63, 3.8) is 0 Å². The number of carbonyl (C=O) groups excluding carboxylic acids is 1. The summed E-state index contributed by atoms with van der Waals surface area (Å²) in [6.07, 6.45) is 1.47. The number of halogens is 1. The molecule has 18 heavy (non-hydrogen) atoms. The number of amides is 1. The second-order valence-electron chi connectivity index (χ2n) is 4.53. The highest BCUT2D eigenvalue weighted by molar-refractivity contribution is 7.99. The van der Waals surface area contributed by atoms with Gasteiger partial charge < -0.3 is 10.4 Å². The van der Waals surface area contributed by atoms with Crippen LogP contribution in [0.5, 0.6) is 0 Å². The first kappa shape index (κ1) is 13.7. The second kappa shape index (κ2) is 5.95. The van der Waals surface area contributed by atoms with Gasteiger partial charge in [-0.1, -0.05) is 11.6 Å². The molecule has 0 aliphatic carbocycles. The summed E-state index contributed by atoms with van der Waals surface area (Å²) in [5.41, 5.74) is -0.180. The smallest absolute Gasteiger partial charge is 0.251 e. The fourth-order valence-electron chi connectivity index (χ4n) is 1.88. The van der Waals surface area contributed by atoms with Gasteiger partial charge in [0.25, 0.3) is 5.91 Å². The maximum atomic E-state index is 11.9. The average molecular weight is 286 g/mol. The maximum absolute atomic E-state index is 11.9. The van der Waals surface area contributed by atoms with Crippen LogP contribution >= 0.6 is 23.4 Å². The largest absolute Gasteiger partial charge is 0.388 e. The molecule has 0 unspecified atom stereocenters. The van der Waals surface area contributed by atoms with Crippen LogP contribution in [0.3, 0.4) is 0 Å². The zero-order valence-corrected chi connectivity index (χ0v) is 11.6. The van der Waals surface area contributed by atoms with Gasteiger partial charge in [0.05, 0.1) is 5.60 Å². The number of hydrogen-bond acceptors (Lipinski definition) is 3. The first-order chi connectivity index (χ1) is 8.59. The molecule has 5 heteroatoms. The molecule has 0 spiro atoms. The van der Waals surface area contributed by atoms with Crippen molar-refractivity contribution >= 4 is 29.3 Å². The van der Waals surface area contributed by atoms with Crippen molar-refractivity contribution in [2.45, 2.75) is 18.4 Å². The van der Waals surface area contributed by atoms with E-state index in [4.69, 9.17) is 11.6 Å². The van der Waals surface area contributed by atoms with E-state index < -0.39 is 5.60 Å². The Morgan fingerprint density at radius 3 is 2.56 bits per heavy atom. The zero-order chi connectivity index (χ0) is 13.0. The Hall–Kier alpha value is -0.710. The molecule has 1 aliphatic heterocycles. The van der Waals surface area contributed by atoms with Crippen LogP contribution in [0.1, 0.15) is 23.2 Å². The van der Waals surface area contributed by atoms with E-state index in [-0.39, 0.29) is 5.91 Å². The van der Waals surface area contributed by atoms with E-state index in [0.29, 0.717) is 17.1 Å². The molecule has 2 N–H and O–H groups in total. The summed E-state index contributed by atoms with van der Waals surface area (Å²) in [6.45, 7) is 0.315. The van der Waals surface area contributed by atoms with Gasteiger partial charge in [0.15, 0.2) is 0 Å². The predicted molar refractivity (Wildman–Crippen MR) is 75.3 cm³/mol. The molecule has 1 aliphatic rings. The third-order valence-electron chi connectivity index (χ3n) is 3.11. The number of rotatable bonds is 3. The van der Waals surface area contributed by atoms with Crippen molar-refractivity contribution in [1.29, 1.82) is 0 Å². The van der Waals surface area contributed by atoms with Crippen molar-refractivity contribution in [3.8, 4) is 0 Å². The number of nitrogens with one attached hydrogen (secondary N) is 1. The van der Waals surface area contributed by atoms with E-state index in [1.54, 1.807) is 24.3 Å². The standard InChI is InChI=1S/C13H16ClNO2S/c14-11-3-1-10(2-4-11)12(16)15-9-13(17)5-7-18-8-6-13/h1-4,17H,5-9H2,(H,15,16). The van der Waals surface area contributed by atoms with Crippen LogP contribution in [0.25, 0.3) is 0 Å². The SMILES string of the molecule is O=C(NCC1(O)CCSCC1)c1ccc(Cl)cc1. The van der Waals surface area contributed by atoms with Crippen molar-refractivity contribution in [2.24, 2.45) is 0 Å². The summed E-state index contributed by atoms with van der Waals surface area (Å²) in [7, 11) is 0. The van der Waals surface area contributed by atoms with Crippen molar-refractivity contribution in [3.05, 3.63) is 34.9 Å². The quantitative estimate of drug-likeness (QED) is 0.896. The highest BCUT2D eigenvalue weighted by atomic mass is 35.5. The van der Waals surface area contributed by atoms with Crippen molar-refractivity contribution < 1.29 is 9.90 Å². The van der Waals surface area contributed by atoms with Crippen LogP contribution in [-0.2, 0) is 0 Å². The zero-order valence-electron chi connectivity index (χ0n) is 9.99. The molecule has 1 fully saturated rings. The molecule has 3 nitrogen and oxygen atoms in total. The number of hydrogen-bond donors (Lipinski definition) is 2. The molecule has 0 atom stereocenters. The number of aliphatic hydroxyl groups is 1. The third-order valence-corrected chi connectivity index (χ3v) is 4.35. The van der Waals surface area contributed by atoms with E-state index >= 15 is 0 Å². The van der Waals surface area contributed by atoms with Gasteiger partial charge in [-0.05, 0) is 48.6 Å². The van der Waals surface area contributed by atoms with E-state index in [1.807, 2.05) is 11.8 Å². The molecule has 0 saturated carbocycles. The summed E-state index contributed by atoms with van der Waals surface area (Å²) < 4.78 is 0. The Bertz CT molecular complexity index is 416.